The molecule has 2 rings (SSSR count). The summed E-state index contributed by atoms with van der Waals surface area (Å²) in [4.78, 5) is 2.35. The maximum Gasteiger partial charge on any atom is 0.115 e. The summed E-state index contributed by atoms with van der Waals surface area (Å²) in [7, 11) is 2.16. The molecule has 0 fully saturated rings. The van der Waals surface area contributed by atoms with E-state index >= 15 is 0 Å². The fraction of sp³-hybridized carbons (Fsp3) is 0.600. The van der Waals surface area contributed by atoms with Gasteiger partial charge in [-0.05, 0) is 57.0 Å². The monoisotopic (exact) mass is 248 g/mol. The molecule has 2 N–H and O–H groups in total. The molecule has 0 heterocycles. The first-order valence-corrected chi connectivity index (χ1v) is 6.83. The molecule has 18 heavy (non-hydrogen) atoms. The summed E-state index contributed by atoms with van der Waals surface area (Å²) in [5, 5.41) is 13.1. The average molecular weight is 248 g/mol. The number of likely N-dealkylation sites (N-methyl/N-ethyl adjacent to an activating group) is 1. The van der Waals surface area contributed by atoms with Gasteiger partial charge >= 0.3 is 0 Å². The number of nitrogens with zero attached hydrogens (tertiary/aromatic N) is 1. The van der Waals surface area contributed by atoms with E-state index in [1.54, 1.807) is 6.07 Å². The quantitative estimate of drug-likeness (QED) is 0.839. The number of hydrogen-bond acceptors (Lipinski definition) is 3. The number of phenols is 1. The number of aryl methyl sites for hydroxylation is 1. The van der Waals surface area contributed by atoms with Gasteiger partial charge in [-0.1, -0.05) is 6.07 Å². The zero-order valence-electron chi connectivity index (χ0n) is 11.6. The maximum atomic E-state index is 9.47. The molecule has 0 bridgehead atoms. The number of phenolic OH excluding ortho intramolecular Hbond substituents is 1. The Balaban J connectivity index is 1.86. The fourth-order valence-corrected chi connectivity index (χ4v) is 2.49. The third kappa shape index (κ3) is 3.03. The van der Waals surface area contributed by atoms with Crippen LogP contribution in [0.25, 0.3) is 0 Å². The Hall–Kier alpha value is -1.06. The van der Waals surface area contributed by atoms with Gasteiger partial charge in [0.25, 0.3) is 0 Å². The van der Waals surface area contributed by atoms with Gasteiger partial charge in [-0.2, -0.15) is 0 Å². The van der Waals surface area contributed by atoms with Gasteiger partial charge in [0.15, 0.2) is 0 Å². The first-order valence-electron chi connectivity index (χ1n) is 6.83. The molecule has 0 amide bonds. The van der Waals surface area contributed by atoms with Gasteiger partial charge in [0.05, 0.1) is 0 Å². The number of aromatic hydroxyl groups is 1. The molecule has 1 aromatic rings. The Bertz CT molecular complexity index is 403. The van der Waals surface area contributed by atoms with Gasteiger partial charge in [-0.15, -0.1) is 0 Å². The van der Waals surface area contributed by atoms with Crippen molar-refractivity contribution in [2.75, 3.05) is 20.1 Å². The molecular formula is C15H24N2O. The zero-order chi connectivity index (χ0) is 13.1. The molecule has 1 aliphatic carbocycles. The van der Waals surface area contributed by atoms with E-state index in [1.165, 1.54) is 11.1 Å². The highest BCUT2D eigenvalue weighted by Gasteiger charge is 2.21. The second-order valence-electron chi connectivity index (χ2n) is 5.50. The van der Waals surface area contributed by atoms with Gasteiger partial charge < -0.3 is 15.3 Å². The van der Waals surface area contributed by atoms with E-state index in [0.717, 1.165) is 25.9 Å². The van der Waals surface area contributed by atoms with E-state index < -0.39 is 0 Å². The van der Waals surface area contributed by atoms with Crippen LogP contribution in [0.5, 0.6) is 5.75 Å². The van der Waals surface area contributed by atoms with Crippen LogP contribution < -0.4 is 5.32 Å². The third-order valence-electron chi connectivity index (χ3n) is 3.94. The number of rotatable bonds is 5. The van der Waals surface area contributed by atoms with Gasteiger partial charge in [0.2, 0.25) is 0 Å². The van der Waals surface area contributed by atoms with Crippen LogP contribution >= 0.6 is 0 Å². The van der Waals surface area contributed by atoms with Crippen LogP contribution in [0.1, 0.15) is 37.4 Å². The lowest BCUT2D eigenvalue weighted by molar-refractivity contribution is 0.269. The van der Waals surface area contributed by atoms with Crippen molar-refractivity contribution in [3.8, 4) is 5.75 Å². The molecule has 0 saturated heterocycles. The van der Waals surface area contributed by atoms with Crippen LogP contribution in [-0.2, 0) is 6.42 Å². The lowest BCUT2D eigenvalue weighted by Gasteiger charge is -2.22. The molecule has 0 aromatic heterocycles. The number of benzene rings is 1. The summed E-state index contributed by atoms with van der Waals surface area (Å²) < 4.78 is 0. The number of nitrogens with one attached hydrogen (secondary N) is 1. The molecule has 3 nitrogen and oxygen atoms in total. The van der Waals surface area contributed by atoms with Crippen LogP contribution in [0.15, 0.2) is 18.2 Å². The Kier molecular flexibility index (Phi) is 4.25. The predicted octanol–water partition coefficient (Wildman–Crippen LogP) is 2.31. The SMILES string of the molecule is CC(C)N(C)CCNC1CCc2cc(O)ccc21. The van der Waals surface area contributed by atoms with Crippen LogP contribution in [0.2, 0.25) is 0 Å². The summed E-state index contributed by atoms with van der Waals surface area (Å²) in [6.07, 6.45) is 2.21. The lowest BCUT2D eigenvalue weighted by Crippen LogP contribution is -2.34. The molecule has 1 unspecified atom stereocenters. The average Bonchev–Trinajstić information content (AvgIpc) is 2.71. The number of hydrogen-bond donors (Lipinski definition) is 2. The maximum absolute atomic E-state index is 9.47. The molecule has 0 radical (unpaired) electrons. The number of fused-ring (bicyclic) bond motifs is 1. The highest BCUT2D eigenvalue weighted by molar-refractivity contribution is 5.39. The second kappa shape index (κ2) is 5.72. The van der Waals surface area contributed by atoms with E-state index in [0.29, 0.717) is 17.8 Å². The molecule has 1 aromatic carbocycles. The minimum Gasteiger partial charge on any atom is -0.508 e. The van der Waals surface area contributed by atoms with Crippen molar-refractivity contribution in [1.82, 2.24) is 10.2 Å². The van der Waals surface area contributed by atoms with E-state index in [9.17, 15) is 5.11 Å². The van der Waals surface area contributed by atoms with Gasteiger partial charge in [-0.25, -0.2) is 0 Å². The third-order valence-corrected chi connectivity index (χ3v) is 3.94. The molecule has 100 valence electrons. The van der Waals surface area contributed by atoms with Gasteiger partial charge in [0.1, 0.15) is 5.75 Å². The first kappa shape index (κ1) is 13.4. The van der Waals surface area contributed by atoms with Gasteiger partial charge in [0, 0.05) is 25.2 Å². The van der Waals surface area contributed by atoms with Crippen LogP contribution in [-0.4, -0.2) is 36.2 Å². The van der Waals surface area contributed by atoms with E-state index in [1.807, 2.05) is 6.07 Å². The zero-order valence-corrected chi connectivity index (χ0v) is 11.6. The Morgan fingerprint density at radius 1 is 1.44 bits per heavy atom. The summed E-state index contributed by atoms with van der Waals surface area (Å²) in [6.45, 7) is 6.52. The second-order valence-corrected chi connectivity index (χ2v) is 5.50. The molecule has 0 spiro atoms. The molecule has 0 aliphatic heterocycles. The Morgan fingerprint density at radius 3 is 2.94 bits per heavy atom. The molecule has 1 atom stereocenters. The van der Waals surface area contributed by atoms with E-state index in [2.05, 4.69) is 37.2 Å². The summed E-state index contributed by atoms with van der Waals surface area (Å²) >= 11 is 0. The normalized spacial score (nSPS) is 18.6. The fourth-order valence-electron chi connectivity index (χ4n) is 2.49. The summed E-state index contributed by atoms with van der Waals surface area (Å²) in [5.74, 6) is 0.383. The summed E-state index contributed by atoms with van der Waals surface area (Å²) in [5.41, 5.74) is 2.66. The van der Waals surface area contributed by atoms with Crippen LogP contribution in [0.3, 0.4) is 0 Å². The van der Waals surface area contributed by atoms with Crippen LogP contribution in [0, 0.1) is 0 Å². The van der Waals surface area contributed by atoms with Gasteiger partial charge in [-0.3, -0.25) is 0 Å². The van der Waals surface area contributed by atoms with E-state index in [-0.39, 0.29) is 0 Å². The van der Waals surface area contributed by atoms with E-state index in [4.69, 9.17) is 0 Å². The highest BCUT2D eigenvalue weighted by atomic mass is 16.3. The first-order chi connectivity index (χ1) is 8.58. The van der Waals surface area contributed by atoms with Crippen LogP contribution in [0.4, 0.5) is 0 Å². The Labute approximate surface area is 110 Å². The Morgan fingerprint density at radius 2 is 2.22 bits per heavy atom. The predicted molar refractivity (Wildman–Crippen MR) is 74.9 cm³/mol. The topological polar surface area (TPSA) is 35.5 Å². The van der Waals surface area contributed by atoms with Crippen molar-refractivity contribution in [3.63, 3.8) is 0 Å². The van der Waals surface area contributed by atoms with Crippen molar-refractivity contribution < 1.29 is 5.11 Å². The molecule has 3 heteroatoms. The standard InChI is InChI=1S/C15H24N2O/c1-11(2)17(3)9-8-16-15-7-4-12-10-13(18)5-6-14(12)15/h5-6,10-11,15-16,18H,4,7-9H2,1-3H3. The molecule has 0 saturated carbocycles. The van der Waals surface area contributed by atoms with Crippen molar-refractivity contribution in [2.24, 2.45) is 0 Å². The molecule has 1 aliphatic rings. The van der Waals surface area contributed by atoms with Crippen molar-refractivity contribution in [1.29, 1.82) is 0 Å². The summed E-state index contributed by atoms with van der Waals surface area (Å²) in [6, 6.07) is 6.80. The smallest absolute Gasteiger partial charge is 0.115 e. The van der Waals surface area contributed by atoms with Crippen molar-refractivity contribution in [2.45, 2.75) is 38.8 Å². The minimum absolute atomic E-state index is 0.383. The van der Waals surface area contributed by atoms with Crippen molar-refractivity contribution >= 4 is 0 Å². The highest BCUT2D eigenvalue weighted by Crippen LogP contribution is 2.32. The minimum atomic E-state index is 0.383. The lowest BCUT2D eigenvalue weighted by atomic mass is 10.1. The molecular weight excluding hydrogens is 224 g/mol. The largest absolute Gasteiger partial charge is 0.508 e. The van der Waals surface area contributed by atoms with Crippen molar-refractivity contribution in [3.05, 3.63) is 29.3 Å².